The third kappa shape index (κ3) is 2.05. The average Bonchev–Trinajstić information content (AvgIpc) is 2.87. The highest BCUT2D eigenvalue weighted by Crippen LogP contribution is 2.26. The van der Waals surface area contributed by atoms with Crippen molar-refractivity contribution < 1.29 is 4.42 Å². The molecule has 0 bridgehead atoms. The molecule has 3 rings (SSSR count). The van der Waals surface area contributed by atoms with Crippen molar-refractivity contribution in [2.24, 2.45) is 5.73 Å². The summed E-state index contributed by atoms with van der Waals surface area (Å²) in [5.41, 5.74) is 7.25. The number of fused-ring (bicyclic) bond motifs is 1. The number of rotatable bonds is 2. The van der Waals surface area contributed by atoms with E-state index in [1.807, 2.05) is 12.1 Å². The monoisotopic (exact) mass is 302 g/mol. The minimum Gasteiger partial charge on any atom is -0.444 e. The van der Waals surface area contributed by atoms with Crippen molar-refractivity contribution >= 4 is 26.7 Å². The molecule has 0 spiro atoms. The van der Waals surface area contributed by atoms with E-state index in [9.17, 15) is 0 Å². The molecule has 3 nitrogen and oxygen atoms in total. The zero-order valence-corrected chi connectivity index (χ0v) is 11.1. The molecule has 4 heteroatoms. The molecular weight excluding hydrogens is 292 g/mol. The Bertz CT molecular complexity index is 706. The van der Waals surface area contributed by atoms with Gasteiger partial charge in [-0.3, -0.25) is 0 Å². The van der Waals surface area contributed by atoms with Gasteiger partial charge in [0.25, 0.3) is 0 Å². The molecule has 0 amide bonds. The fourth-order valence-corrected chi connectivity index (χ4v) is 2.26. The van der Waals surface area contributed by atoms with Crippen LogP contribution in [0.2, 0.25) is 0 Å². The third-order valence-corrected chi connectivity index (χ3v) is 3.30. The Kier molecular flexibility index (Phi) is 2.89. The molecule has 0 saturated carbocycles. The molecule has 0 aliphatic carbocycles. The van der Waals surface area contributed by atoms with Crippen LogP contribution in [0.15, 0.2) is 51.6 Å². The second kappa shape index (κ2) is 4.55. The van der Waals surface area contributed by atoms with Gasteiger partial charge in [0.05, 0.1) is 5.69 Å². The fourth-order valence-electron chi connectivity index (χ4n) is 1.88. The van der Waals surface area contributed by atoms with E-state index in [0.717, 1.165) is 21.1 Å². The van der Waals surface area contributed by atoms with E-state index >= 15 is 0 Å². The molecule has 2 N–H and O–H groups in total. The highest BCUT2D eigenvalue weighted by Gasteiger charge is 2.06. The lowest BCUT2D eigenvalue weighted by atomic mass is 10.1. The Morgan fingerprint density at radius 1 is 1.11 bits per heavy atom. The molecule has 1 heterocycles. The average molecular weight is 303 g/mol. The van der Waals surface area contributed by atoms with Gasteiger partial charge in [-0.15, -0.1) is 0 Å². The quantitative estimate of drug-likeness (QED) is 0.785. The second-order valence-corrected chi connectivity index (χ2v) is 4.97. The van der Waals surface area contributed by atoms with Crippen molar-refractivity contribution in [3.05, 3.63) is 52.8 Å². The van der Waals surface area contributed by atoms with Crippen molar-refractivity contribution in [3.63, 3.8) is 0 Å². The summed E-state index contributed by atoms with van der Waals surface area (Å²) >= 11 is 3.46. The molecule has 0 unspecified atom stereocenters. The zero-order chi connectivity index (χ0) is 12.5. The number of aromatic nitrogens is 1. The topological polar surface area (TPSA) is 52.0 Å². The first-order valence-corrected chi connectivity index (χ1v) is 6.40. The minimum absolute atomic E-state index is 0.393. The number of oxazole rings is 1. The number of hydrogen-bond acceptors (Lipinski definition) is 3. The summed E-state index contributed by atoms with van der Waals surface area (Å²) in [6.07, 6.45) is 1.60. The summed E-state index contributed by atoms with van der Waals surface area (Å²) in [6, 6.07) is 12.3. The number of nitrogens with two attached hydrogens (primary N) is 1. The Morgan fingerprint density at radius 3 is 2.67 bits per heavy atom. The van der Waals surface area contributed by atoms with Gasteiger partial charge >= 0.3 is 0 Å². The van der Waals surface area contributed by atoms with Crippen molar-refractivity contribution in [2.45, 2.75) is 6.54 Å². The Hall–Kier alpha value is -1.65. The smallest absolute Gasteiger partial charge is 0.226 e. The van der Waals surface area contributed by atoms with E-state index in [1.54, 1.807) is 6.26 Å². The molecule has 0 atom stereocenters. The molecule has 3 aromatic rings. The van der Waals surface area contributed by atoms with Crippen LogP contribution < -0.4 is 5.73 Å². The Balaban J connectivity index is 2.10. The lowest BCUT2D eigenvalue weighted by Gasteiger charge is -2.01. The largest absolute Gasteiger partial charge is 0.444 e. The van der Waals surface area contributed by atoms with Crippen molar-refractivity contribution in [2.75, 3.05) is 0 Å². The van der Waals surface area contributed by atoms with E-state index in [4.69, 9.17) is 10.2 Å². The molecule has 90 valence electrons. The lowest BCUT2D eigenvalue weighted by molar-refractivity contribution is 0.572. The first-order chi connectivity index (χ1) is 8.76. The number of halogens is 1. The predicted molar refractivity (Wildman–Crippen MR) is 75.0 cm³/mol. The SMILES string of the molecule is NCc1coc(-c2ccc3cc(Br)ccc3c2)n1. The summed E-state index contributed by atoms with van der Waals surface area (Å²) in [5, 5.41) is 2.34. The van der Waals surface area contributed by atoms with Gasteiger partial charge < -0.3 is 10.2 Å². The molecule has 1 aromatic heterocycles. The summed E-state index contributed by atoms with van der Waals surface area (Å²) in [7, 11) is 0. The predicted octanol–water partition coefficient (Wildman–Crippen LogP) is 3.72. The van der Waals surface area contributed by atoms with E-state index < -0.39 is 0 Å². The van der Waals surface area contributed by atoms with E-state index in [0.29, 0.717) is 12.4 Å². The van der Waals surface area contributed by atoms with Crippen LogP contribution in [0.3, 0.4) is 0 Å². The van der Waals surface area contributed by atoms with Gasteiger partial charge in [-0.25, -0.2) is 4.98 Å². The first kappa shape index (κ1) is 11.4. The van der Waals surface area contributed by atoms with Crippen LogP contribution >= 0.6 is 15.9 Å². The molecule has 0 aliphatic heterocycles. The molecule has 0 radical (unpaired) electrons. The molecular formula is C14H11BrN2O. The minimum atomic E-state index is 0.393. The van der Waals surface area contributed by atoms with E-state index in [2.05, 4.69) is 45.2 Å². The van der Waals surface area contributed by atoms with Crippen LogP contribution in [0, 0.1) is 0 Å². The maximum atomic E-state index is 5.52. The van der Waals surface area contributed by atoms with Gasteiger partial charge in [0.15, 0.2) is 0 Å². The first-order valence-electron chi connectivity index (χ1n) is 5.60. The number of nitrogens with zero attached hydrogens (tertiary/aromatic N) is 1. The van der Waals surface area contributed by atoms with Gasteiger partial charge in [-0.05, 0) is 35.0 Å². The van der Waals surface area contributed by atoms with Crippen LogP contribution in [0.1, 0.15) is 5.69 Å². The fraction of sp³-hybridized carbons (Fsp3) is 0.0714. The van der Waals surface area contributed by atoms with Crippen molar-refractivity contribution in [1.82, 2.24) is 4.98 Å². The van der Waals surface area contributed by atoms with Gasteiger partial charge in [0.1, 0.15) is 6.26 Å². The maximum Gasteiger partial charge on any atom is 0.226 e. The summed E-state index contributed by atoms with van der Waals surface area (Å²) in [5.74, 6) is 0.611. The van der Waals surface area contributed by atoms with E-state index in [1.165, 1.54) is 5.39 Å². The number of hydrogen-bond donors (Lipinski definition) is 1. The maximum absolute atomic E-state index is 5.52. The second-order valence-electron chi connectivity index (χ2n) is 4.05. The molecule has 0 fully saturated rings. The Morgan fingerprint density at radius 2 is 1.89 bits per heavy atom. The third-order valence-electron chi connectivity index (χ3n) is 2.81. The summed E-state index contributed by atoms with van der Waals surface area (Å²) in [4.78, 5) is 4.32. The zero-order valence-electron chi connectivity index (χ0n) is 9.56. The highest BCUT2D eigenvalue weighted by atomic mass is 79.9. The normalized spacial score (nSPS) is 11.0. The summed E-state index contributed by atoms with van der Waals surface area (Å²) < 4.78 is 6.49. The molecule has 0 aliphatic rings. The highest BCUT2D eigenvalue weighted by molar-refractivity contribution is 9.10. The molecule has 2 aromatic carbocycles. The van der Waals surface area contributed by atoms with Crippen LogP contribution in [0.25, 0.3) is 22.2 Å². The van der Waals surface area contributed by atoms with Crippen LogP contribution in [-0.2, 0) is 6.54 Å². The molecule has 18 heavy (non-hydrogen) atoms. The van der Waals surface area contributed by atoms with Crippen molar-refractivity contribution in [3.8, 4) is 11.5 Å². The lowest BCUT2D eigenvalue weighted by Crippen LogP contribution is -1.95. The van der Waals surface area contributed by atoms with Gasteiger partial charge in [0, 0.05) is 16.6 Å². The standard InChI is InChI=1S/C14H11BrN2O/c15-12-4-3-9-5-11(2-1-10(9)6-12)14-17-13(7-16)8-18-14/h1-6,8H,7,16H2. The van der Waals surface area contributed by atoms with Crippen LogP contribution in [-0.4, -0.2) is 4.98 Å². The van der Waals surface area contributed by atoms with Gasteiger partial charge in [-0.1, -0.05) is 28.1 Å². The number of benzene rings is 2. The van der Waals surface area contributed by atoms with Gasteiger partial charge in [-0.2, -0.15) is 0 Å². The van der Waals surface area contributed by atoms with Crippen molar-refractivity contribution in [1.29, 1.82) is 0 Å². The van der Waals surface area contributed by atoms with Crippen LogP contribution in [0.5, 0.6) is 0 Å². The Labute approximate surface area is 113 Å². The van der Waals surface area contributed by atoms with Crippen LogP contribution in [0.4, 0.5) is 0 Å². The summed E-state index contributed by atoms with van der Waals surface area (Å²) in [6.45, 7) is 0.393. The molecule has 0 saturated heterocycles. The van der Waals surface area contributed by atoms with E-state index in [-0.39, 0.29) is 0 Å². The van der Waals surface area contributed by atoms with Gasteiger partial charge in [0.2, 0.25) is 5.89 Å².